The Bertz CT molecular complexity index is 150. The second-order valence-electron chi connectivity index (χ2n) is 4.84. The van der Waals surface area contributed by atoms with E-state index in [-0.39, 0.29) is 0 Å². The summed E-state index contributed by atoms with van der Waals surface area (Å²) in [6.45, 7) is 6.71. The van der Waals surface area contributed by atoms with Gasteiger partial charge in [0.15, 0.2) is 29.3 Å². The van der Waals surface area contributed by atoms with Gasteiger partial charge < -0.3 is 12.6 Å². The van der Waals surface area contributed by atoms with Gasteiger partial charge in [0.2, 0.25) is 0 Å². The van der Waals surface area contributed by atoms with E-state index >= 15 is 0 Å². The second-order valence-corrected chi connectivity index (χ2v) is 11.7. The van der Waals surface area contributed by atoms with Crippen LogP contribution in [-0.4, -0.2) is 29.3 Å². The molecule has 0 amide bonds. The summed E-state index contributed by atoms with van der Waals surface area (Å²) in [7, 11) is -2.13. The molecule has 0 fully saturated rings. The van der Waals surface area contributed by atoms with Crippen molar-refractivity contribution < 1.29 is 12.6 Å². The Labute approximate surface area is 128 Å². The van der Waals surface area contributed by atoms with Crippen LogP contribution >= 0.6 is 8.60 Å². The molecule has 0 radical (unpaired) electrons. The molecule has 0 aliphatic heterocycles. The first-order chi connectivity index (χ1) is 9.35. The van der Waals surface area contributed by atoms with Gasteiger partial charge in [-0.15, -0.1) is 0 Å². The first-order valence-corrected chi connectivity index (χ1v) is 13.9. The average molecular weight is 341 g/mol. The molecule has 0 bridgehead atoms. The zero-order chi connectivity index (χ0) is 14.2. The Morgan fingerprint density at radius 2 is 0.947 bits per heavy atom. The maximum atomic E-state index is 5.93. The van der Waals surface area contributed by atoms with Crippen molar-refractivity contribution in [2.24, 2.45) is 0 Å². The summed E-state index contributed by atoms with van der Waals surface area (Å²) < 4.78 is 17.8. The molecule has 7 heteroatoms. The summed E-state index contributed by atoms with van der Waals surface area (Å²) in [5.74, 6) is 0. The lowest BCUT2D eigenvalue weighted by molar-refractivity contribution is 0.414. The standard InChI is InChI=1S/C12H33O3PSi3/c1-4-7-10-17-13-16(14-18-11-8-5-2)15-19-12-9-6-3/h4-12,17-19H2,1-3H3. The third-order valence-corrected chi connectivity index (χ3v) is 9.92. The van der Waals surface area contributed by atoms with Gasteiger partial charge in [-0.1, -0.05) is 59.3 Å². The quantitative estimate of drug-likeness (QED) is 0.260. The van der Waals surface area contributed by atoms with Crippen molar-refractivity contribution in [3.05, 3.63) is 0 Å². The van der Waals surface area contributed by atoms with E-state index in [2.05, 4.69) is 20.8 Å². The highest BCUT2D eigenvalue weighted by atomic mass is 31.2. The second kappa shape index (κ2) is 17.0. The largest absolute Gasteiger partial charge is 0.363 e. The molecule has 0 aliphatic carbocycles. The van der Waals surface area contributed by atoms with E-state index in [4.69, 9.17) is 12.6 Å². The number of hydrogen-bond acceptors (Lipinski definition) is 3. The maximum Gasteiger partial charge on any atom is 0.298 e. The van der Waals surface area contributed by atoms with E-state index in [0.717, 1.165) is 0 Å². The lowest BCUT2D eigenvalue weighted by atomic mass is 10.4. The van der Waals surface area contributed by atoms with E-state index in [1.165, 1.54) is 56.7 Å². The zero-order valence-corrected chi connectivity index (χ0v) is 18.3. The van der Waals surface area contributed by atoms with Gasteiger partial charge >= 0.3 is 0 Å². The van der Waals surface area contributed by atoms with Crippen LogP contribution < -0.4 is 0 Å². The van der Waals surface area contributed by atoms with Crippen molar-refractivity contribution in [3.63, 3.8) is 0 Å². The molecule has 3 nitrogen and oxygen atoms in total. The van der Waals surface area contributed by atoms with Crippen LogP contribution in [0.2, 0.25) is 18.1 Å². The Kier molecular flexibility index (Phi) is 17.9. The molecule has 0 N–H and O–H groups in total. The average Bonchev–Trinajstić information content (AvgIpc) is 2.43. The van der Waals surface area contributed by atoms with Crippen LogP contribution in [0.1, 0.15) is 59.3 Å². The highest BCUT2D eigenvalue weighted by Crippen LogP contribution is 2.38. The summed E-state index contributed by atoms with van der Waals surface area (Å²) in [4.78, 5) is 0. The van der Waals surface area contributed by atoms with Gasteiger partial charge in [0, 0.05) is 0 Å². The Hall–Kier alpha value is 0.961. The van der Waals surface area contributed by atoms with Gasteiger partial charge in [0.1, 0.15) is 0 Å². The SMILES string of the molecule is CCCC[SiH2]OP(O[SiH2]CCCC)O[SiH2]CCCC. The van der Waals surface area contributed by atoms with Crippen molar-refractivity contribution in [3.8, 4) is 0 Å². The predicted octanol–water partition coefficient (Wildman–Crippen LogP) is 3.17. The van der Waals surface area contributed by atoms with Crippen LogP contribution in [0.5, 0.6) is 0 Å². The van der Waals surface area contributed by atoms with Gasteiger partial charge in [0.25, 0.3) is 8.60 Å². The zero-order valence-electron chi connectivity index (χ0n) is 13.2. The minimum atomic E-state index is -0.925. The molecule has 19 heavy (non-hydrogen) atoms. The van der Waals surface area contributed by atoms with E-state index in [1.807, 2.05) is 0 Å². The molecular weight excluding hydrogens is 307 g/mol. The van der Waals surface area contributed by atoms with Crippen LogP contribution in [0.15, 0.2) is 0 Å². The molecule has 0 atom stereocenters. The molecule has 0 heterocycles. The van der Waals surface area contributed by atoms with E-state index in [9.17, 15) is 0 Å². The lowest BCUT2D eigenvalue weighted by Gasteiger charge is -2.17. The number of hydrogen-bond donors (Lipinski definition) is 0. The number of unbranched alkanes of at least 4 members (excludes halogenated alkanes) is 3. The van der Waals surface area contributed by atoms with Crippen molar-refractivity contribution in [1.29, 1.82) is 0 Å². The van der Waals surface area contributed by atoms with Crippen LogP contribution in [0, 0.1) is 0 Å². The minimum Gasteiger partial charge on any atom is -0.363 e. The van der Waals surface area contributed by atoms with Crippen LogP contribution in [0.25, 0.3) is 0 Å². The Morgan fingerprint density at radius 1 is 0.632 bits per heavy atom. The first kappa shape index (κ1) is 20.0. The summed E-state index contributed by atoms with van der Waals surface area (Å²) in [5, 5.41) is 0. The van der Waals surface area contributed by atoms with Crippen molar-refractivity contribution in [2.45, 2.75) is 77.4 Å². The molecule has 0 aliphatic rings. The monoisotopic (exact) mass is 340 g/mol. The van der Waals surface area contributed by atoms with E-state index < -0.39 is 37.9 Å². The van der Waals surface area contributed by atoms with E-state index in [1.54, 1.807) is 0 Å². The van der Waals surface area contributed by atoms with Gasteiger partial charge in [-0.25, -0.2) is 0 Å². The topological polar surface area (TPSA) is 27.7 Å². The molecule has 0 saturated carbocycles. The molecule has 0 rings (SSSR count). The third-order valence-electron chi connectivity index (χ3n) is 2.83. The molecule has 116 valence electrons. The van der Waals surface area contributed by atoms with Crippen LogP contribution in [0.4, 0.5) is 0 Å². The van der Waals surface area contributed by atoms with Crippen LogP contribution in [-0.2, 0) is 12.6 Å². The van der Waals surface area contributed by atoms with E-state index in [0.29, 0.717) is 0 Å². The predicted molar refractivity (Wildman–Crippen MR) is 95.0 cm³/mol. The van der Waals surface area contributed by atoms with Crippen molar-refractivity contribution in [1.82, 2.24) is 0 Å². The fraction of sp³-hybridized carbons (Fsp3) is 1.00. The minimum absolute atomic E-state index is 0.403. The fourth-order valence-corrected chi connectivity index (χ4v) is 9.94. The third kappa shape index (κ3) is 15.2. The van der Waals surface area contributed by atoms with Gasteiger partial charge in [-0.2, -0.15) is 0 Å². The summed E-state index contributed by atoms with van der Waals surface area (Å²) in [6, 6.07) is 3.82. The highest BCUT2D eigenvalue weighted by molar-refractivity contribution is 7.45. The molecule has 0 unspecified atom stereocenters. The Morgan fingerprint density at radius 3 is 1.21 bits per heavy atom. The fourth-order valence-electron chi connectivity index (χ4n) is 1.59. The lowest BCUT2D eigenvalue weighted by Crippen LogP contribution is -2.05. The van der Waals surface area contributed by atoms with Crippen molar-refractivity contribution in [2.75, 3.05) is 0 Å². The molecule has 0 saturated heterocycles. The van der Waals surface area contributed by atoms with Crippen LogP contribution in [0.3, 0.4) is 0 Å². The first-order valence-electron chi connectivity index (χ1n) is 8.04. The Balaban J connectivity index is 3.66. The molecule has 0 aromatic rings. The molecular formula is C12H33O3PSi3. The van der Waals surface area contributed by atoms with Gasteiger partial charge in [-0.3, -0.25) is 0 Å². The van der Waals surface area contributed by atoms with Crippen molar-refractivity contribution >= 4 is 37.9 Å². The maximum absolute atomic E-state index is 5.93. The summed E-state index contributed by atoms with van der Waals surface area (Å²) in [5.41, 5.74) is 0. The van der Waals surface area contributed by atoms with Gasteiger partial charge in [-0.05, 0) is 18.1 Å². The molecule has 0 aromatic heterocycles. The molecule has 0 spiro atoms. The number of rotatable bonds is 15. The smallest absolute Gasteiger partial charge is 0.298 e. The summed E-state index contributed by atoms with van der Waals surface area (Å²) >= 11 is 0. The normalized spacial score (nSPS) is 14.7. The summed E-state index contributed by atoms with van der Waals surface area (Å²) in [6.07, 6.45) is 7.72. The van der Waals surface area contributed by atoms with Gasteiger partial charge in [0.05, 0.1) is 0 Å². The highest BCUT2D eigenvalue weighted by Gasteiger charge is 2.11. The molecule has 0 aromatic carbocycles.